The second-order valence-corrected chi connectivity index (χ2v) is 3.51. The fraction of sp³-hybridized carbons (Fsp3) is 0.364. The predicted molar refractivity (Wildman–Crippen MR) is 54.8 cm³/mol. The Balaban J connectivity index is 3.09. The van der Waals surface area contributed by atoms with Crippen LogP contribution in [0.25, 0.3) is 0 Å². The van der Waals surface area contributed by atoms with Crippen LogP contribution in [0.5, 0.6) is 0 Å². The van der Waals surface area contributed by atoms with Crippen LogP contribution in [0.2, 0.25) is 0 Å². The zero-order valence-electron chi connectivity index (χ0n) is 9.13. The van der Waals surface area contributed by atoms with Gasteiger partial charge in [0.2, 0.25) is 0 Å². The monoisotopic (exact) mass is 262 g/mol. The molecule has 98 valence electrons. The van der Waals surface area contributed by atoms with Crippen molar-refractivity contribution in [3.63, 3.8) is 0 Å². The summed E-state index contributed by atoms with van der Waals surface area (Å²) in [7, 11) is 0. The number of alkyl halides is 3. The number of halogens is 4. The smallest absolute Gasteiger partial charge is 0.395 e. The van der Waals surface area contributed by atoms with E-state index in [1.165, 1.54) is 0 Å². The third kappa shape index (κ3) is 3.68. The lowest BCUT2D eigenvalue weighted by atomic mass is 10.0. The van der Waals surface area contributed by atoms with E-state index in [9.17, 15) is 17.6 Å². The van der Waals surface area contributed by atoms with E-state index in [0.717, 1.165) is 6.07 Å². The number of hydrogen-bond donors (Lipinski definition) is 2. The van der Waals surface area contributed by atoms with E-state index in [2.05, 4.69) is 5.32 Å². The molecule has 0 amide bonds. The van der Waals surface area contributed by atoms with Crippen molar-refractivity contribution in [2.45, 2.75) is 12.2 Å². The number of nitrogens with zero attached hydrogens (tertiary/aromatic N) is 1. The fourth-order valence-corrected chi connectivity index (χ4v) is 1.39. The summed E-state index contributed by atoms with van der Waals surface area (Å²) in [5, 5.41) is 19.9. The fourth-order valence-electron chi connectivity index (χ4n) is 1.39. The predicted octanol–water partition coefficient (Wildman–Crippen LogP) is 1.99. The Kier molecular flexibility index (Phi) is 4.64. The van der Waals surface area contributed by atoms with Crippen LogP contribution in [0.4, 0.5) is 17.6 Å². The van der Waals surface area contributed by atoms with Crippen LogP contribution >= 0.6 is 0 Å². The van der Waals surface area contributed by atoms with Gasteiger partial charge in [-0.05, 0) is 23.8 Å². The van der Waals surface area contributed by atoms with Crippen LogP contribution in [0, 0.1) is 17.1 Å². The first kappa shape index (κ1) is 14.4. The topological polar surface area (TPSA) is 56.0 Å². The van der Waals surface area contributed by atoms with Gasteiger partial charge in [0.1, 0.15) is 11.9 Å². The summed E-state index contributed by atoms with van der Waals surface area (Å²) in [6, 6.07) is 2.53. The minimum absolute atomic E-state index is 0.0239. The Bertz CT molecular complexity index is 453. The minimum atomic E-state index is -4.67. The average molecular weight is 262 g/mol. The molecule has 2 N–H and O–H groups in total. The summed E-state index contributed by atoms with van der Waals surface area (Å²) in [5.41, 5.74) is -1.28. The Morgan fingerprint density at radius 1 is 1.33 bits per heavy atom. The highest BCUT2D eigenvalue weighted by atomic mass is 19.4. The van der Waals surface area contributed by atoms with Gasteiger partial charge in [0.15, 0.2) is 0 Å². The third-order valence-corrected chi connectivity index (χ3v) is 2.17. The molecule has 0 saturated heterocycles. The summed E-state index contributed by atoms with van der Waals surface area (Å²) in [6.07, 6.45) is -4.67. The lowest BCUT2D eigenvalue weighted by molar-refractivity contribution is -0.137. The van der Waals surface area contributed by atoms with Gasteiger partial charge in [-0.15, -0.1) is 0 Å². The van der Waals surface area contributed by atoms with Crippen molar-refractivity contribution in [2.75, 3.05) is 13.2 Å². The van der Waals surface area contributed by atoms with Gasteiger partial charge in [0.05, 0.1) is 18.2 Å². The molecule has 18 heavy (non-hydrogen) atoms. The van der Waals surface area contributed by atoms with Crippen LogP contribution in [0.3, 0.4) is 0 Å². The molecule has 1 aromatic carbocycles. The van der Waals surface area contributed by atoms with E-state index in [-0.39, 0.29) is 18.7 Å². The molecule has 0 aliphatic heterocycles. The second-order valence-electron chi connectivity index (χ2n) is 3.51. The molecular formula is C11H10F4N2O. The number of nitrogens with one attached hydrogen (secondary N) is 1. The number of hydrogen-bond acceptors (Lipinski definition) is 3. The molecule has 3 nitrogen and oxygen atoms in total. The summed E-state index contributed by atoms with van der Waals surface area (Å²) in [5.74, 6) is -1.06. The molecule has 0 bridgehead atoms. The standard InChI is InChI=1S/C11H10F4N2O/c12-9-4-7(10(6-16)17-1-2-18)3-8(5-9)11(13,14)15/h3-5,10,17-18H,1-2H2. The molecular weight excluding hydrogens is 252 g/mol. The normalized spacial score (nSPS) is 13.1. The van der Waals surface area contributed by atoms with Crippen LogP contribution in [-0.2, 0) is 6.18 Å². The zero-order chi connectivity index (χ0) is 13.8. The van der Waals surface area contributed by atoms with Crippen LogP contribution in [0.1, 0.15) is 17.2 Å². The molecule has 0 aliphatic carbocycles. The lowest BCUT2D eigenvalue weighted by Gasteiger charge is -2.14. The Morgan fingerprint density at radius 2 is 2.00 bits per heavy atom. The molecule has 7 heteroatoms. The van der Waals surface area contributed by atoms with Crippen LogP contribution in [-0.4, -0.2) is 18.3 Å². The molecule has 0 aliphatic rings. The molecule has 1 atom stereocenters. The Labute approximate surface area is 101 Å². The number of benzene rings is 1. The molecule has 0 heterocycles. The van der Waals surface area contributed by atoms with Gasteiger partial charge < -0.3 is 5.11 Å². The SMILES string of the molecule is N#CC(NCCO)c1cc(F)cc(C(F)(F)F)c1. The Morgan fingerprint density at radius 3 is 2.50 bits per heavy atom. The highest BCUT2D eigenvalue weighted by molar-refractivity contribution is 5.31. The van der Waals surface area contributed by atoms with Gasteiger partial charge >= 0.3 is 6.18 Å². The summed E-state index contributed by atoms with van der Waals surface area (Å²) >= 11 is 0. The van der Waals surface area contributed by atoms with Crippen molar-refractivity contribution in [1.82, 2.24) is 5.32 Å². The molecule has 0 aromatic heterocycles. The van der Waals surface area contributed by atoms with Crippen LogP contribution < -0.4 is 5.32 Å². The van der Waals surface area contributed by atoms with Crippen molar-refractivity contribution in [2.24, 2.45) is 0 Å². The van der Waals surface area contributed by atoms with Gasteiger partial charge in [0.25, 0.3) is 0 Å². The van der Waals surface area contributed by atoms with Crippen molar-refractivity contribution in [3.8, 4) is 6.07 Å². The lowest BCUT2D eigenvalue weighted by Crippen LogP contribution is -2.23. The first-order valence-corrected chi connectivity index (χ1v) is 5.00. The van der Waals surface area contributed by atoms with Crippen molar-refractivity contribution >= 4 is 0 Å². The number of nitriles is 1. The molecule has 0 radical (unpaired) electrons. The van der Waals surface area contributed by atoms with E-state index in [1.54, 1.807) is 6.07 Å². The minimum Gasteiger partial charge on any atom is -0.395 e. The van der Waals surface area contributed by atoms with E-state index in [1.807, 2.05) is 0 Å². The second kappa shape index (κ2) is 5.80. The van der Waals surface area contributed by atoms with Crippen molar-refractivity contribution < 1.29 is 22.7 Å². The first-order valence-electron chi connectivity index (χ1n) is 5.00. The third-order valence-electron chi connectivity index (χ3n) is 2.17. The summed E-state index contributed by atoms with van der Waals surface area (Å²) in [4.78, 5) is 0. The van der Waals surface area contributed by atoms with Gasteiger partial charge in [-0.25, -0.2) is 4.39 Å². The first-order chi connectivity index (χ1) is 8.38. The highest BCUT2D eigenvalue weighted by Gasteiger charge is 2.32. The van der Waals surface area contributed by atoms with E-state index in [0.29, 0.717) is 12.1 Å². The van der Waals surface area contributed by atoms with E-state index < -0.39 is 23.6 Å². The van der Waals surface area contributed by atoms with Gasteiger partial charge in [-0.1, -0.05) is 0 Å². The maximum absolute atomic E-state index is 13.1. The van der Waals surface area contributed by atoms with Crippen molar-refractivity contribution in [1.29, 1.82) is 5.26 Å². The summed E-state index contributed by atoms with van der Waals surface area (Å²) in [6.45, 7) is -0.254. The maximum Gasteiger partial charge on any atom is 0.416 e. The van der Waals surface area contributed by atoms with Gasteiger partial charge in [-0.2, -0.15) is 18.4 Å². The summed E-state index contributed by atoms with van der Waals surface area (Å²) < 4.78 is 50.5. The largest absolute Gasteiger partial charge is 0.416 e. The highest BCUT2D eigenvalue weighted by Crippen LogP contribution is 2.31. The molecule has 0 saturated carbocycles. The van der Waals surface area contributed by atoms with E-state index >= 15 is 0 Å². The molecule has 1 unspecified atom stereocenters. The Hall–Kier alpha value is -1.65. The number of aliphatic hydroxyl groups excluding tert-OH is 1. The van der Waals surface area contributed by atoms with Crippen LogP contribution in [0.15, 0.2) is 18.2 Å². The molecule has 1 rings (SSSR count). The maximum atomic E-state index is 13.1. The molecule has 0 spiro atoms. The van der Waals surface area contributed by atoms with Gasteiger partial charge in [0, 0.05) is 6.54 Å². The quantitative estimate of drug-likeness (QED) is 0.816. The van der Waals surface area contributed by atoms with E-state index in [4.69, 9.17) is 10.4 Å². The van der Waals surface area contributed by atoms with Gasteiger partial charge in [-0.3, -0.25) is 5.32 Å². The number of aliphatic hydroxyl groups is 1. The van der Waals surface area contributed by atoms with Crippen molar-refractivity contribution in [3.05, 3.63) is 35.1 Å². The molecule has 0 fully saturated rings. The average Bonchev–Trinajstić information content (AvgIpc) is 2.28. The number of rotatable bonds is 4. The zero-order valence-corrected chi connectivity index (χ0v) is 9.13. The molecule has 1 aromatic rings.